The fourth-order valence-electron chi connectivity index (χ4n) is 2.21. The zero-order valence-electron chi connectivity index (χ0n) is 14.0. The molecule has 112 valence electrons. The Kier molecular flexibility index (Phi) is 7.00. The summed E-state index contributed by atoms with van der Waals surface area (Å²) in [5.41, 5.74) is 7.90. The van der Waals surface area contributed by atoms with Gasteiger partial charge in [-0.3, -0.25) is 0 Å². The minimum Gasteiger partial charge on any atom is -0.192 e. The summed E-state index contributed by atoms with van der Waals surface area (Å²) < 4.78 is 0. The van der Waals surface area contributed by atoms with Crippen molar-refractivity contribution in [2.75, 3.05) is 0 Å². The average molecular weight is 281 g/mol. The highest BCUT2D eigenvalue weighted by Gasteiger charge is 2.07. The van der Waals surface area contributed by atoms with E-state index in [1.165, 1.54) is 16.7 Å². The Hall–Kier alpha value is -1.77. The molecule has 0 spiro atoms. The van der Waals surface area contributed by atoms with Gasteiger partial charge in [-0.1, -0.05) is 33.8 Å². The summed E-state index contributed by atoms with van der Waals surface area (Å²) in [6.45, 7) is 11.0. The third-order valence-corrected chi connectivity index (χ3v) is 3.52. The van der Waals surface area contributed by atoms with E-state index in [1.807, 2.05) is 12.1 Å². The maximum absolute atomic E-state index is 8.99. The summed E-state index contributed by atoms with van der Waals surface area (Å²) in [6.07, 6.45) is 5.43. The Morgan fingerprint density at radius 3 is 2.43 bits per heavy atom. The van der Waals surface area contributed by atoms with Crippen LogP contribution in [0.1, 0.15) is 63.6 Å². The summed E-state index contributed by atoms with van der Waals surface area (Å²) in [5, 5.41) is 8.99. The van der Waals surface area contributed by atoms with E-state index in [4.69, 9.17) is 5.26 Å². The lowest BCUT2D eigenvalue weighted by Gasteiger charge is -2.11. The number of nitriles is 1. The molecule has 0 N–H and O–H groups in total. The maximum atomic E-state index is 8.99. The molecule has 0 aliphatic heterocycles. The molecule has 0 radical (unpaired) electrons. The highest BCUT2D eigenvalue weighted by atomic mass is 14.2. The molecule has 0 aliphatic rings. The molecule has 1 aromatic rings. The Balaban J connectivity index is 3.11. The van der Waals surface area contributed by atoms with E-state index >= 15 is 0 Å². The minimum atomic E-state index is 0.658. The fourth-order valence-corrected chi connectivity index (χ4v) is 2.21. The second-order valence-corrected chi connectivity index (χ2v) is 6.53. The van der Waals surface area contributed by atoms with Crippen LogP contribution in [-0.2, 0) is 0 Å². The first-order valence-electron chi connectivity index (χ1n) is 7.89. The van der Waals surface area contributed by atoms with Gasteiger partial charge in [-0.2, -0.15) is 5.26 Å². The molecule has 1 heteroatoms. The zero-order valence-corrected chi connectivity index (χ0v) is 14.0. The van der Waals surface area contributed by atoms with Gasteiger partial charge in [-0.15, -0.1) is 5.73 Å². The van der Waals surface area contributed by atoms with Gasteiger partial charge in [0, 0.05) is 5.57 Å². The lowest BCUT2D eigenvalue weighted by Crippen LogP contribution is -1.93. The maximum Gasteiger partial charge on any atom is 0.0991 e. The molecule has 21 heavy (non-hydrogen) atoms. The Morgan fingerprint density at radius 1 is 1.19 bits per heavy atom. The van der Waals surface area contributed by atoms with Crippen molar-refractivity contribution in [3.8, 4) is 6.07 Å². The monoisotopic (exact) mass is 281 g/mol. The van der Waals surface area contributed by atoms with Gasteiger partial charge >= 0.3 is 0 Å². The Morgan fingerprint density at radius 2 is 1.90 bits per heavy atom. The second kappa shape index (κ2) is 8.50. The molecule has 0 aromatic heterocycles. The highest BCUT2D eigenvalue weighted by molar-refractivity contribution is 5.68. The van der Waals surface area contributed by atoms with Crippen molar-refractivity contribution in [3.63, 3.8) is 0 Å². The number of aryl methyl sites for hydroxylation is 1. The van der Waals surface area contributed by atoms with E-state index in [1.54, 1.807) is 0 Å². The fraction of sp³-hybridized carbons (Fsp3) is 0.500. The molecule has 0 atom stereocenters. The van der Waals surface area contributed by atoms with Gasteiger partial charge in [0.25, 0.3) is 0 Å². The summed E-state index contributed by atoms with van der Waals surface area (Å²) >= 11 is 0. The van der Waals surface area contributed by atoms with Gasteiger partial charge in [0.1, 0.15) is 0 Å². The number of hydrogen-bond donors (Lipinski definition) is 0. The van der Waals surface area contributed by atoms with E-state index in [-0.39, 0.29) is 0 Å². The SMILES string of the molecule is Cc1cc(C#N)ccc1C(=C=CCC(C)C)CCC(C)C. The van der Waals surface area contributed by atoms with Crippen molar-refractivity contribution < 1.29 is 0 Å². The van der Waals surface area contributed by atoms with Gasteiger partial charge in [0.15, 0.2) is 0 Å². The first-order valence-corrected chi connectivity index (χ1v) is 7.89. The number of benzene rings is 1. The molecule has 0 unspecified atom stereocenters. The number of allylic oxidation sites excluding steroid dienone is 1. The van der Waals surface area contributed by atoms with Crippen molar-refractivity contribution >= 4 is 5.57 Å². The van der Waals surface area contributed by atoms with Crippen molar-refractivity contribution in [1.29, 1.82) is 5.26 Å². The molecular formula is C20H27N. The lowest BCUT2D eigenvalue weighted by molar-refractivity contribution is 0.599. The van der Waals surface area contributed by atoms with Crippen LogP contribution in [-0.4, -0.2) is 0 Å². The van der Waals surface area contributed by atoms with Gasteiger partial charge in [-0.05, 0) is 67.4 Å². The predicted molar refractivity (Wildman–Crippen MR) is 90.9 cm³/mol. The molecule has 0 amide bonds. The first-order chi connectivity index (χ1) is 9.93. The molecular weight excluding hydrogens is 254 g/mol. The normalized spacial score (nSPS) is 10.4. The summed E-state index contributed by atoms with van der Waals surface area (Å²) in [7, 11) is 0. The van der Waals surface area contributed by atoms with Crippen LogP contribution in [0.3, 0.4) is 0 Å². The molecule has 0 saturated carbocycles. The molecule has 1 nitrogen and oxygen atoms in total. The smallest absolute Gasteiger partial charge is 0.0991 e. The summed E-state index contributed by atoms with van der Waals surface area (Å²) in [4.78, 5) is 0. The van der Waals surface area contributed by atoms with E-state index in [0.29, 0.717) is 11.8 Å². The van der Waals surface area contributed by atoms with Gasteiger partial charge in [0.05, 0.1) is 11.6 Å². The van der Waals surface area contributed by atoms with Crippen LogP contribution < -0.4 is 0 Å². The quantitative estimate of drug-likeness (QED) is 0.597. The van der Waals surface area contributed by atoms with Crippen LogP contribution in [0.15, 0.2) is 30.0 Å². The van der Waals surface area contributed by atoms with Gasteiger partial charge in [0.2, 0.25) is 0 Å². The van der Waals surface area contributed by atoms with Crippen molar-refractivity contribution in [1.82, 2.24) is 0 Å². The third-order valence-electron chi connectivity index (χ3n) is 3.52. The van der Waals surface area contributed by atoms with Crippen LogP contribution in [0.2, 0.25) is 0 Å². The largest absolute Gasteiger partial charge is 0.192 e. The van der Waals surface area contributed by atoms with Crippen molar-refractivity contribution in [3.05, 3.63) is 46.7 Å². The van der Waals surface area contributed by atoms with E-state index in [2.05, 4.69) is 58.6 Å². The van der Waals surface area contributed by atoms with Gasteiger partial charge < -0.3 is 0 Å². The number of hydrogen-bond acceptors (Lipinski definition) is 1. The van der Waals surface area contributed by atoms with Crippen molar-refractivity contribution in [2.24, 2.45) is 11.8 Å². The van der Waals surface area contributed by atoms with Crippen molar-refractivity contribution in [2.45, 2.75) is 53.9 Å². The highest BCUT2D eigenvalue weighted by Crippen LogP contribution is 2.25. The van der Waals surface area contributed by atoms with Gasteiger partial charge in [-0.25, -0.2) is 0 Å². The van der Waals surface area contributed by atoms with E-state index < -0.39 is 0 Å². The molecule has 1 rings (SSSR count). The number of rotatable bonds is 6. The van der Waals surface area contributed by atoms with Crippen LogP contribution >= 0.6 is 0 Å². The third kappa shape index (κ3) is 6.03. The predicted octanol–water partition coefficient (Wildman–Crippen LogP) is 5.89. The lowest BCUT2D eigenvalue weighted by atomic mass is 9.93. The van der Waals surface area contributed by atoms with Crippen LogP contribution in [0.25, 0.3) is 5.57 Å². The molecule has 0 saturated heterocycles. The summed E-state index contributed by atoms with van der Waals surface area (Å²) in [5.74, 6) is 1.34. The summed E-state index contributed by atoms with van der Waals surface area (Å²) in [6, 6.07) is 8.15. The Labute approximate surface area is 130 Å². The average Bonchev–Trinajstić information content (AvgIpc) is 2.42. The standard InChI is InChI=1S/C20H27N/c1-15(2)7-6-8-19(11-9-16(3)4)20-12-10-18(14-21)13-17(20)5/h6,10,12-13,15-16H,7,9,11H2,1-5H3. The molecule has 0 aliphatic carbocycles. The molecule has 0 fully saturated rings. The minimum absolute atomic E-state index is 0.658. The van der Waals surface area contributed by atoms with Crippen LogP contribution in [0.4, 0.5) is 0 Å². The molecule has 1 aromatic carbocycles. The zero-order chi connectivity index (χ0) is 15.8. The van der Waals surface area contributed by atoms with E-state index in [0.717, 1.165) is 24.8 Å². The Bertz CT molecular complexity index is 564. The second-order valence-electron chi connectivity index (χ2n) is 6.53. The van der Waals surface area contributed by atoms with Crippen LogP contribution in [0, 0.1) is 30.1 Å². The number of nitrogens with zero attached hydrogens (tertiary/aromatic N) is 1. The van der Waals surface area contributed by atoms with Crippen LogP contribution in [0.5, 0.6) is 0 Å². The first kappa shape index (κ1) is 17.3. The molecule has 0 bridgehead atoms. The topological polar surface area (TPSA) is 23.8 Å². The molecule has 0 heterocycles. The van der Waals surface area contributed by atoms with E-state index in [9.17, 15) is 0 Å².